The van der Waals surface area contributed by atoms with Crippen LogP contribution in [0.1, 0.15) is 30.0 Å². The zero-order valence-electron chi connectivity index (χ0n) is 17.3. The van der Waals surface area contributed by atoms with Crippen molar-refractivity contribution in [3.63, 3.8) is 0 Å². The molecule has 1 atom stereocenters. The average Bonchev–Trinajstić information content (AvgIpc) is 2.79. The second-order valence-corrected chi connectivity index (χ2v) is 8.09. The SMILES string of the molecule is O=C(CN1CCOCC1)N1CCC[C@H](c2cccc(-c3cccc(C(F)(F)F)c3)n2)C1. The summed E-state index contributed by atoms with van der Waals surface area (Å²) in [6.07, 6.45) is -2.60. The minimum atomic E-state index is -4.39. The lowest BCUT2D eigenvalue weighted by molar-refractivity contribution is -0.137. The smallest absolute Gasteiger partial charge is 0.379 e. The van der Waals surface area contributed by atoms with E-state index in [0.29, 0.717) is 37.6 Å². The molecule has 31 heavy (non-hydrogen) atoms. The largest absolute Gasteiger partial charge is 0.416 e. The third-order valence-corrected chi connectivity index (χ3v) is 5.91. The number of ether oxygens (including phenoxy) is 1. The fourth-order valence-corrected chi connectivity index (χ4v) is 4.19. The van der Waals surface area contributed by atoms with Gasteiger partial charge in [0.25, 0.3) is 0 Å². The Morgan fingerprint density at radius 3 is 2.65 bits per heavy atom. The Labute approximate surface area is 179 Å². The first-order chi connectivity index (χ1) is 14.9. The van der Waals surface area contributed by atoms with Crippen LogP contribution in [0.15, 0.2) is 42.5 Å². The van der Waals surface area contributed by atoms with Crippen LogP contribution in [0.3, 0.4) is 0 Å². The molecule has 166 valence electrons. The number of aromatic nitrogens is 1. The number of benzene rings is 1. The van der Waals surface area contributed by atoms with Gasteiger partial charge in [0.1, 0.15) is 0 Å². The number of likely N-dealkylation sites (tertiary alicyclic amines) is 1. The zero-order valence-corrected chi connectivity index (χ0v) is 17.3. The van der Waals surface area contributed by atoms with Gasteiger partial charge in [0.05, 0.1) is 31.0 Å². The Morgan fingerprint density at radius 1 is 1.10 bits per heavy atom. The number of alkyl halides is 3. The number of pyridine rings is 1. The van der Waals surface area contributed by atoms with E-state index in [-0.39, 0.29) is 11.8 Å². The molecular formula is C23H26F3N3O2. The molecule has 2 fully saturated rings. The monoisotopic (exact) mass is 433 g/mol. The first-order valence-electron chi connectivity index (χ1n) is 10.6. The number of carbonyl (C=O) groups is 1. The number of hydrogen-bond acceptors (Lipinski definition) is 4. The lowest BCUT2D eigenvalue weighted by Crippen LogP contribution is -2.47. The summed E-state index contributed by atoms with van der Waals surface area (Å²) in [6, 6.07) is 10.7. The van der Waals surface area contributed by atoms with Gasteiger partial charge in [-0.2, -0.15) is 13.2 Å². The Bertz CT molecular complexity index is 913. The van der Waals surface area contributed by atoms with Crippen molar-refractivity contribution in [1.82, 2.24) is 14.8 Å². The summed E-state index contributed by atoms with van der Waals surface area (Å²) in [4.78, 5) is 21.5. The van der Waals surface area contributed by atoms with Gasteiger partial charge in [0, 0.05) is 43.4 Å². The fraction of sp³-hybridized carbons (Fsp3) is 0.478. The van der Waals surface area contributed by atoms with Gasteiger partial charge < -0.3 is 9.64 Å². The molecule has 1 amide bonds. The molecule has 4 rings (SSSR count). The van der Waals surface area contributed by atoms with E-state index in [1.54, 1.807) is 12.1 Å². The lowest BCUT2D eigenvalue weighted by atomic mass is 9.93. The number of halogens is 3. The van der Waals surface area contributed by atoms with E-state index in [4.69, 9.17) is 4.74 Å². The summed E-state index contributed by atoms with van der Waals surface area (Å²) in [5, 5.41) is 0. The Morgan fingerprint density at radius 2 is 1.87 bits per heavy atom. The summed E-state index contributed by atoms with van der Waals surface area (Å²) in [7, 11) is 0. The normalized spacial score (nSPS) is 20.6. The van der Waals surface area contributed by atoms with Gasteiger partial charge in [-0.15, -0.1) is 0 Å². The van der Waals surface area contributed by atoms with Crippen molar-refractivity contribution in [3.05, 3.63) is 53.7 Å². The van der Waals surface area contributed by atoms with Crippen molar-refractivity contribution >= 4 is 5.91 Å². The molecule has 0 aliphatic carbocycles. The summed E-state index contributed by atoms with van der Waals surface area (Å²) < 4.78 is 44.6. The maximum absolute atomic E-state index is 13.1. The fourth-order valence-electron chi connectivity index (χ4n) is 4.19. The molecular weight excluding hydrogens is 407 g/mol. The van der Waals surface area contributed by atoms with E-state index in [1.165, 1.54) is 6.07 Å². The van der Waals surface area contributed by atoms with Crippen LogP contribution in [0.2, 0.25) is 0 Å². The summed E-state index contributed by atoms with van der Waals surface area (Å²) >= 11 is 0. The lowest BCUT2D eigenvalue weighted by Gasteiger charge is -2.35. The molecule has 2 aliphatic heterocycles. The molecule has 2 aromatic rings. The van der Waals surface area contributed by atoms with Crippen molar-refractivity contribution in [3.8, 4) is 11.3 Å². The second kappa shape index (κ2) is 9.36. The summed E-state index contributed by atoms with van der Waals surface area (Å²) in [5.41, 5.74) is 1.08. The highest BCUT2D eigenvalue weighted by molar-refractivity contribution is 5.78. The molecule has 0 radical (unpaired) electrons. The Kier molecular flexibility index (Phi) is 6.57. The van der Waals surface area contributed by atoms with E-state index in [0.717, 1.165) is 50.3 Å². The van der Waals surface area contributed by atoms with Gasteiger partial charge in [0.15, 0.2) is 0 Å². The van der Waals surface area contributed by atoms with Crippen LogP contribution in [-0.4, -0.2) is 66.6 Å². The maximum Gasteiger partial charge on any atom is 0.416 e. The third kappa shape index (κ3) is 5.43. The number of nitrogens with zero attached hydrogens (tertiary/aromatic N) is 3. The maximum atomic E-state index is 13.1. The van der Waals surface area contributed by atoms with Crippen LogP contribution >= 0.6 is 0 Å². The van der Waals surface area contributed by atoms with Crippen molar-refractivity contribution in [1.29, 1.82) is 0 Å². The van der Waals surface area contributed by atoms with Crippen LogP contribution in [0.5, 0.6) is 0 Å². The highest BCUT2D eigenvalue weighted by Gasteiger charge is 2.31. The molecule has 8 heteroatoms. The van der Waals surface area contributed by atoms with E-state index < -0.39 is 11.7 Å². The number of piperidine rings is 1. The third-order valence-electron chi connectivity index (χ3n) is 5.91. The molecule has 0 unspecified atom stereocenters. The van der Waals surface area contributed by atoms with E-state index in [1.807, 2.05) is 17.0 Å². The number of morpholine rings is 1. The highest BCUT2D eigenvalue weighted by atomic mass is 19.4. The van der Waals surface area contributed by atoms with Crippen LogP contribution < -0.4 is 0 Å². The topological polar surface area (TPSA) is 45.7 Å². The molecule has 3 heterocycles. The number of amides is 1. The van der Waals surface area contributed by atoms with Crippen LogP contribution in [0, 0.1) is 0 Å². The zero-order chi connectivity index (χ0) is 21.8. The average molecular weight is 433 g/mol. The first-order valence-corrected chi connectivity index (χ1v) is 10.6. The molecule has 2 saturated heterocycles. The van der Waals surface area contributed by atoms with Crippen LogP contribution in [0.25, 0.3) is 11.3 Å². The van der Waals surface area contributed by atoms with E-state index >= 15 is 0 Å². The molecule has 0 bridgehead atoms. The van der Waals surface area contributed by atoms with Crippen molar-refractivity contribution in [2.24, 2.45) is 0 Å². The molecule has 0 N–H and O–H groups in total. The quantitative estimate of drug-likeness (QED) is 0.736. The first kappa shape index (κ1) is 21.8. The number of hydrogen-bond donors (Lipinski definition) is 0. The van der Waals surface area contributed by atoms with E-state index in [9.17, 15) is 18.0 Å². The second-order valence-electron chi connectivity index (χ2n) is 8.09. The van der Waals surface area contributed by atoms with E-state index in [2.05, 4.69) is 9.88 Å². The van der Waals surface area contributed by atoms with Gasteiger partial charge >= 0.3 is 6.18 Å². The van der Waals surface area contributed by atoms with Crippen LogP contribution in [0.4, 0.5) is 13.2 Å². The van der Waals surface area contributed by atoms with Gasteiger partial charge in [-0.05, 0) is 37.1 Å². The molecule has 5 nitrogen and oxygen atoms in total. The molecule has 0 spiro atoms. The Hall–Kier alpha value is -2.45. The van der Waals surface area contributed by atoms with Crippen molar-refractivity contribution < 1.29 is 22.7 Å². The van der Waals surface area contributed by atoms with Gasteiger partial charge in [-0.1, -0.05) is 18.2 Å². The Balaban J connectivity index is 1.46. The molecule has 2 aliphatic rings. The minimum Gasteiger partial charge on any atom is -0.379 e. The molecule has 0 saturated carbocycles. The van der Waals surface area contributed by atoms with Gasteiger partial charge in [-0.3, -0.25) is 14.7 Å². The van der Waals surface area contributed by atoms with Gasteiger partial charge in [0.2, 0.25) is 5.91 Å². The number of carbonyl (C=O) groups excluding carboxylic acids is 1. The molecule has 1 aromatic heterocycles. The molecule has 1 aromatic carbocycles. The predicted octanol–water partition coefficient (Wildman–Crippen LogP) is 3.81. The van der Waals surface area contributed by atoms with Crippen molar-refractivity contribution in [2.75, 3.05) is 45.9 Å². The summed E-state index contributed by atoms with van der Waals surface area (Å²) in [5.74, 6) is 0.189. The number of rotatable bonds is 4. The van der Waals surface area contributed by atoms with Crippen LogP contribution in [-0.2, 0) is 15.7 Å². The highest BCUT2D eigenvalue weighted by Crippen LogP contribution is 2.33. The van der Waals surface area contributed by atoms with Crippen molar-refractivity contribution in [2.45, 2.75) is 24.9 Å². The summed E-state index contributed by atoms with van der Waals surface area (Å²) in [6.45, 7) is 4.56. The van der Waals surface area contributed by atoms with Gasteiger partial charge in [-0.25, -0.2) is 0 Å². The standard InChI is InChI=1S/C23H26F3N3O2/c24-23(25,26)19-6-1-4-17(14-19)20-7-2-8-21(27-20)18-5-3-9-29(15-18)22(30)16-28-10-12-31-13-11-28/h1-2,4,6-8,14,18H,3,5,9-13,15-16H2/t18-/m0/s1. The minimum absolute atomic E-state index is 0.0770. The predicted molar refractivity (Wildman–Crippen MR) is 110 cm³/mol.